The molecule has 0 fully saturated rings. The number of thioether (sulfide) groups is 2. The van der Waals surface area contributed by atoms with Crippen molar-refractivity contribution in [1.29, 1.82) is 0 Å². The number of benzene rings is 1. The Labute approximate surface area is 127 Å². The molecule has 2 aliphatic rings. The first-order valence-corrected chi connectivity index (χ1v) is 7.77. The number of fused-ring (bicyclic) bond motifs is 1. The fourth-order valence-electron chi connectivity index (χ4n) is 1.84. The fraction of sp³-hybridized carbons (Fsp3) is 0.167. The van der Waals surface area contributed by atoms with Crippen LogP contribution in [0.4, 0.5) is 5.69 Å². The van der Waals surface area contributed by atoms with Crippen LogP contribution in [0, 0.1) is 10.1 Å². The summed E-state index contributed by atoms with van der Waals surface area (Å²) in [4.78, 5) is 26.6. The van der Waals surface area contributed by atoms with Gasteiger partial charge in [0.05, 0.1) is 16.6 Å². The van der Waals surface area contributed by atoms with Crippen LogP contribution in [0.25, 0.3) is 6.08 Å². The molecule has 0 saturated heterocycles. The van der Waals surface area contributed by atoms with Gasteiger partial charge in [-0.25, -0.2) is 4.99 Å². The maximum atomic E-state index is 11.8. The van der Waals surface area contributed by atoms with Gasteiger partial charge in [-0.15, -0.1) is 11.8 Å². The number of nitro groups is 1. The van der Waals surface area contributed by atoms with Crippen LogP contribution in [0.15, 0.2) is 22.8 Å². The van der Waals surface area contributed by atoms with Crippen LogP contribution in [-0.4, -0.2) is 27.5 Å². The predicted octanol–water partition coefficient (Wildman–Crippen LogP) is 2.66. The molecule has 0 aliphatic carbocycles. The zero-order valence-electron chi connectivity index (χ0n) is 10.7. The minimum absolute atomic E-state index is 0.0239. The maximum Gasteiger partial charge on any atom is 0.280 e. The van der Waals surface area contributed by atoms with E-state index in [2.05, 4.69) is 4.99 Å². The van der Waals surface area contributed by atoms with E-state index in [0.717, 1.165) is 11.8 Å². The lowest BCUT2D eigenvalue weighted by molar-refractivity contribution is -0.385. The Bertz CT molecular complexity index is 714. The molecule has 0 amide bonds. The third kappa shape index (κ3) is 2.61. The highest BCUT2D eigenvalue weighted by Crippen LogP contribution is 2.39. The summed E-state index contributed by atoms with van der Waals surface area (Å²) in [5.74, 6) is 0.740. The smallest absolute Gasteiger partial charge is 0.280 e. The van der Waals surface area contributed by atoms with E-state index < -0.39 is 4.92 Å². The van der Waals surface area contributed by atoms with E-state index in [-0.39, 0.29) is 28.9 Å². The lowest BCUT2D eigenvalue weighted by Gasteiger charge is -2.01. The zero-order chi connectivity index (χ0) is 15.0. The largest absolute Gasteiger partial charge is 0.454 e. The Morgan fingerprint density at radius 1 is 1.43 bits per heavy atom. The quantitative estimate of drug-likeness (QED) is 0.469. The molecule has 7 nitrogen and oxygen atoms in total. The molecule has 0 radical (unpaired) electrons. The first-order chi connectivity index (χ1) is 10.1. The molecule has 3 rings (SSSR count). The number of ether oxygens (including phenoxy) is 2. The highest BCUT2D eigenvalue weighted by Gasteiger charge is 2.26. The Morgan fingerprint density at radius 3 is 2.76 bits per heavy atom. The number of nitro benzene ring substituents is 1. The number of hydrogen-bond acceptors (Lipinski definition) is 8. The predicted molar refractivity (Wildman–Crippen MR) is 80.7 cm³/mol. The van der Waals surface area contributed by atoms with E-state index >= 15 is 0 Å². The van der Waals surface area contributed by atoms with Crippen molar-refractivity contribution in [2.75, 3.05) is 13.0 Å². The third-order valence-electron chi connectivity index (χ3n) is 2.79. The van der Waals surface area contributed by atoms with Crippen LogP contribution in [0.5, 0.6) is 11.5 Å². The Balaban J connectivity index is 2.08. The van der Waals surface area contributed by atoms with E-state index in [1.807, 2.05) is 6.26 Å². The number of carbonyl (C=O) groups excluding carboxylic acids is 1. The average Bonchev–Trinajstić information content (AvgIpc) is 3.04. The van der Waals surface area contributed by atoms with Crippen LogP contribution in [-0.2, 0) is 4.79 Å². The summed E-state index contributed by atoms with van der Waals surface area (Å²) in [7, 11) is 0. The van der Waals surface area contributed by atoms with Crippen molar-refractivity contribution in [2.45, 2.75) is 0 Å². The van der Waals surface area contributed by atoms with Crippen molar-refractivity contribution >= 4 is 44.8 Å². The molecule has 0 aromatic heterocycles. The molecule has 0 bridgehead atoms. The second-order valence-corrected chi connectivity index (χ2v) is 6.04. The van der Waals surface area contributed by atoms with Gasteiger partial charge in [-0.3, -0.25) is 14.9 Å². The van der Waals surface area contributed by atoms with Gasteiger partial charge in [0.15, 0.2) is 11.5 Å². The molecule has 2 aliphatic heterocycles. The van der Waals surface area contributed by atoms with Crippen molar-refractivity contribution < 1.29 is 19.2 Å². The summed E-state index contributed by atoms with van der Waals surface area (Å²) in [5.41, 5.74) is 0.294. The van der Waals surface area contributed by atoms with Crippen LogP contribution in [0.3, 0.4) is 0 Å². The van der Waals surface area contributed by atoms with E-state index in [4.69, 9.17) is 9.47 Å². The lowest BCUT2D eigenvalue weighted by Crippen LogP contribution is -1.94. The number of rotatable bonds is 2. The summed E-state index contributed by atoms with van der Waals surface area (Å²) in [5, 5.41) is 10.9. The Kier molecular flexibility index (Phi) is 3.60. The minimum Gasteiger partial charge on any atom is -0.454 e. The van der Waals surface area contributed by atoms with Gasteiger partial charge in [-0.1, -0.05) is 0 Å². The molecule has 1 aromatic rings. The second kappa shape index (κ2) is 5.41. The molecule has 0 spiro atoms. The molecule has 0 unspecified atom stereocenters. The van der Waals surface area contributed by atoms with Crippen LogP contribution < -0.4 is 9.47 Å². The molecule has 0 atom stereocenters. The molecule has 0 saturated carbocycles. The van der Waals surface area contributed by atoms with Gasteiger partial charge < -0.3 is 9.47 Å². The standard InChI is InChI=1S/C12H8N2O5S2/c1-20-12-13-7(11(15)21-12)2-6-3-9-10(19-5-18-9)4-8(6)14(16)17/h2-4H,5H2,1H3/b7-2-. The molecular formula is C12H8N2O5S2. The van der Waals surface area contributed by atoms with Crippen LogP contribution in [0.1, 0.15) is 5.56 Å². The molecule has 0 N–H and O–H groups in total. The molecule has 9 heteroatoms. The van der Waals surface area contributed by atoms with Crippen LogP contribution >= 0.6 is 23.5 Å². The highest BCUT2D eigenvalue weighted by atomic mass is 32.2. The zero-order valence-corrected chi connectivity index (χ0v) is 12.3. The van der Waals surface area contributed by atoms with Crippen molar-refractivity contribution in [2.24, 2.45) is 4.99 Å². The Morgan fingerprint density at radius 2 is 2.14 bits per heavy atom. The first-order valence-electron chi connectivity index (χ1n) is 5.73. The van der Waals surface area contributed by atoms with E-state index in [0.29, 0.717) is 15.9 Å². The third-order valence-corrected chi connectivity index (χ3v) is 4.64. The van der Waals surface area contributed by atoms with Gasteiger partial charge in [0.1, 0.15) is 10.1 Å². The van der Waals surface area contributed by atoms with Crippen molar-refractivity contribution in [3.05, 3.63) is 33.5 Å². The maximum absolute atomic E-state index is 11.8. The molecule has 1 aromatic carbocycles. The van der Waals surface area contributed by atoms with E-state index in [1.54, 1.807) is 0 Å². The minimum atomic E-state index is -0.528. The summed E-state index contributed by atoms with van der Waals surface area (Å²) in [6.45, 7) is 0.0239. The second-order valence-electron chi connectivity index (χ2n) is 4.02. The lowest BCUT2D eigenvalue weighted by atomic mass is 10.1. The fourth-order valence-corrected chi connectivity index (χ4v) is 3.11. The monoisotopic (exact) mass is 324 g/mol. The molecule has 21 heavy (non-hydrogen) atoms. The van der Waals surface area contributed by atoms with Crippen molar-refractivity contribution in [3.63, 3.8) is 0 Å². The van der Waals surface area contributed by atoms with Gasteiger partial charge in [-0.05, 0) is 30.2 Å². The summed E-state index contributed by atoms with van der Waals surface area (Å²) < 4.78 is 10.9. The highest BCUT2D eigenvalue weighted by molar-refractivity contribution is 8.45. The van der Waals surface area contributed by atoms with Gasteiger partial charge in [-0.2, -0.15) is 0 Å². The topological polar surface area (TPSA) is 91.0 Å². The van der Waals surface area contributed by atoms with Gasteiger partial charge in [0.2, 0.25) is 11.9 Å². The summed E-state index contributed by atoms with van der Waals surface area (Å²) in [6.07, 6.45) is 3.21. The van der Waals surface area contributed by atoms with E-state index in [9.17, 15) is 14.9 Å². The number of nitrogens with zero attached hydrogens (tertiary/aromatic N) is 2. The first kappa shape index (κ1) is 14.0. The normalized spacial score (nSPS) is 18.2. The Hall–Kier alpha value is -2.00. The molecular weight excluding hydrogens is 316 g/mol. The SMILES string of the molecule is CSC1=N/C(=C\c2cc3c(cc2[N+](=O)[O-])OCO3)C(=O)S1. The van der Waals surface area contributed by atoms with Crippen LogP contribution in [0.2, 0.25) is 0 Å². The summed E-state index contributed by atoms with van der Waals surface area (Å²) >= 11 is 2.37. The number of aliphatic imine (C=N–C) groups is 1. The summed E-state index contributed by atoms with van der Waals surface area (Å²) in [6, 6.07) is 2.78. The van der Waals surface area contributed by atoms with Gasteiger partial charge in [0, 0.05) is 0 Å². The van der Waals surface area contributed by atoms with Gasteiger partial charge >= 0.3 is 0 Å². The number of hydrogen-bond donors (Lipinski definition) is 0. The average molecular weight is 324 g/mol. The van der Waals surface area contributed by atoms with Crippen molar-refractivity contribution in [3.8, 4) is 11.5 Å². The van der Waals surface area contributed by atoms with E-state index in [1.165, 1.54) is 30.0 Å². The van der Waals surface area contributed by atoms with Crippen molar-refractivity contribution in [1.82, 2.24) is 0 Å². The number of carbonyl (C=O) groups is 1. The van der Waals surface area contributed by atoms with Gasteiger partial charge in [0.25, 0.3) is 5.69 Å². The molecule has 108 valence electrons. The molecule has 2 heterocycles.